The number of esters is 3. The lowest BCUT2D eigenvalue weighted by Gasteiger charge is -2.18. The van der Waals surface area contributed by atoms with Crippen LogP contribution in [0.1, 0.15) is 284 Å². The van der Waals surface area contributed by atoms with E-state index in [9.17, 15) is 14.4 Å². The van der Waals surface area contributed by atoms with Crippen LogP contribution in [0, 0.1) is 0 Å². The topological polar surface area (TPSA) is 78.9 Å². The average Bonchev–Trinajstić information content (AvgIpc) is 3.46. The van der Waals surface area contributed by atoms with Crippen molar-refractivity contribution in [2.24, 2.45) is 0 Å². The van der Waals surface area contributed by atoms with Gasteiger partial charge in [-0.2, -0.15) is 0 Å². The fourth-order valence-electron chi connectivity index (χ4n) is 8.64. The summed E-state index contributed by atoms with van der Waals surface area (Å²) in [6.07, 6.45) is 95.8. The molecular weight excluding hydrogens is 985 g/mol. The Morgan fingerprint density at radius 1 is 0.263 bits per heavy atom. The maximum atomic E-state index is 12.9. The highest BCUT2D eigenvalue weighted by Crippen LogP contribution is 2.14. The number of unbranched alkanes of at least 4 members (excludes halogenated alkanes) is 23. The summed E-state index contributed by atoms with van der Waals surface area (Å²) in [5.74, 6) is -0.937. The van der Waals surface area contributed by atoms with Gasteiger partial charge in [-0.15, -0.1) is 0 Å². The molecule has 0 bridgehead atoms. The summed E-state index contributed by atoms with van der Waals surface area (Å²) in [6.45, 7) is 6.43. The van der Waals surface area contributed by atoms with Crippen LogP contribution in [0.15, 0.2) is 146 Å². The Balaban J connectivity index is 4.28. The van der Waals surface area contributed by atoms with Crippen LogP contribution in [0.2, 0.25) is 0 Å². The SMILES string of the molecule is CC/C=C\C/C=C\C/C=C\C/C=C\C/C=C\C/C=C\C/C=C\C/C=C\C/C=C\C/C=C\CCCCCCC(=O)OCC(COC(=O)CCCCCCC/C=C\CCC)OC(=O)CCCCCCCCC/C=C\CCCCCCCC. The van der Waals surface area contributed by atoms with Crippen molar-refractivity contribution in [1.29, 1.82) is 0 Å². The minimum atomic E-state index is -0.799. The lowest BCUT2D eigenvalue weighted by atomic mass is 10.1. The quantitative estimate of drug-likeness (QED) is 0.0261. The van der Waals surface area contributed by atoms with Gasteiger partial charge in [-0.1, -0.05) is 269 Å². The predicted octanol–water partition coefficient (Wildman–Crippen LogP) is 22.7. The molecule has 0 aliphatic carbocycles. The highest BCUT2D eigenvalue weighted by Gasteiger charge is 2.19. The molecule has 0 heterocycles. The molecule has 1 atom stereocenters. The summed E-state index contributed by atoms with van der Waals surface area (Å²) >= 11 is 0. The van der Waals surface area contributed by atoms with E-state index in [0.29, 0.717) is 19.3 Å². The number of allylic oxidation sites excluding steroid dienone is 24. The lowest BCUT2D eigenvalue weighted by Crippen LogP contribution is -2.30. The van der Waals surface area contributed by atoms with Crippen molar-refractivity contribution in [3.63, 3.8) is 0 Å². The first-order valence-corrected chi connectivity index (χ1v) is 32.8. The third-order valence-electron chi connectivity index (χ3n) is 13.5. The molecule has 0 rings (SSSR count). The summed E-state index contributed by atoms with van der Waals surface area (Å²) in [6, 6.07) is 0. The van der Waals surface area contributed by atoms with E-state index in [0.717, 1.165) is 154 Å². The van der Waals surface area contributed by atoms with Gasteiger partial charge in [0.15, 0.2) is 6.10 Å². The van der Waals surface area contributed by atoms with Crippen LogP contribution in [0.4, 0.5) is 0 Å². The van der Waals surface area contributed by atoms with Crippen molar-refractivity contribution >= 4 is 17.9 Å². The van der Waals surface area contributed by atoms with Crippen LogP contribution in [0.25, 0.3) is 0 Å². The number of hydrogen-bond acceptors (Lipinski definition) is 6. The number of ether oxygens (including phenoxy) is 3. The molecule has 1 unspecified atom stereocenters. The van der Waals surface area contributed by atoms with Crippen molar-refractivity contribution in [3.8, 4) is 0 Å². The van der Waals surface area contributed by atoms with Crippen LogP contribution in [-0.4, -0.2) is 37.2 Å². The van der Waals surface area contributed by atoms with Crippen molar-refractivity contribution < 1.29 is 28.6 Å². The highest BCUT2D eigenvalue weighted by atomic mass is 16.6. The molecule has 0 saturated carbocycles. The molecule has 0 amide bonds. The molecule has 0 aliphatic heterocycles. The van der Waals surface area contributed by atoms with Gasteiger partial charge in [-0.3, -0.25) is 14.4 Å². The van der Waals surface area contributed by atoms with E-state index < -0.39 is 6.10 Å². The van der Waals surface area contributed by atoms with Crippen molar-refractivity contribution in [2.45, 2.75) is 290 Å². The minimum absolute atomic E-state index is 0.0956. The maximum absolute atomic E-state index is 12.9. The lowest BCUT2D eigenvalue weighted by molar-refractivity contribution is -0.167. The van der Waals surface area contributed by atoms with E-state index in [2.05, 4.69) is 167 Å². The van der Waals surface area contributed by atoms with Gasteiger partial charge in [0, 0.05) is 19.3 Å². The summed E-state index contributed by atoms with van der Waals surface area (Å²) in [7, 11) is 0. The number of hydrogen-bond donors (Lipinski definition) is 0. The molecule has 0 fully saturated rings. The van der Waals surface area contributed by atoms with Gasteiger partial charge in [-0.25, -0.2) is 0 Å². The average molecular weight is 1110 g/mol. The molecule has 0 aromatic heterocycles. The van der Waals surface area contributed by atoms with E-state index in [1.54, 1.807) is 0 Å². The van der Waals surface area contributed by atoms with Gasteiger partial charge in [0.25, 0.3) is 0 Å². The second kappa shape index (κ2) is 66.8. The third kappa shape index (κ3) is 64.1. The zero-order chi connectivity index (χ0) is 57.8. The first-order valence-electron chi connectivity index (χ1n) is 32.8. The zero-order valence-electron chi connectivity index (χ0n) is 51.8. The minimum Gasteiger partial charge on any atom is -0.462 e. The predicted molar refractivity (Wildman–Crippen MR) is 348 cm³/mol. The molecule has 0 aliphatic rings. The van der Waals surface area contributed by atoms with E-state index in [1.807, 2.05) is 0 Å². The molecule has 0 saturated heterocycles. The van der Waals surface area contributed by atoms with Crippen LogP contribution in [0.5, 0.6) is 0 Å². The van der Waals surface area contributed by atoms with E-state index in [1.165, 1.54) is 89.9 Å². The summed E-state index contributed by atoms with van der Waals surface area (Å²) in [5, 5.41) is 0. The standard InChI is InChI=1S/C74H120O6/c1-4-7-10-13-16-19-22-24-26-28-29-30-31-32-33-34-35-36-37-38-39-40-41-42-43-44-45-47-48-50-52-55-58-61-64-67-73(76)79-70-71(69-78-72(75)66-63-60-57-54-21-18-15-12-9-6-3)80-74(77)68-65-62-59-56-53-51-49-46-27-25-23-20-17-14-11-8-5-2/h7,10,12,15-16,19,24-27,29-30,32-33,35-36,38-39,41-42,44-45,48,50,71H,4-6,8-9,11,13-14,17-18,20-23,28,31,34,37,40,43,46-47,49,51-70H2,1-3H3/b10-7-,15-12-,19-16-,26-24-,27-25-,30-29-,33-32-,36-35-,39-38-,42-41-,45-44-,50-48-. The largest absolute Gasteiger partial charge is 0.462 e. The van der Waals surface area contributed by atoms with Crippen LogP contribution >= 0.6 is 0 Å². The van der Waals surface area contributed by atoms with Gasteiger partial charge in [0.05, 0.1) is 0 Å². The molecule has 0 radical (unpaired) electrons. The Morgan fingerprint density at radius 3 is 0.825 bits per heavy atom. The van der Waals surface area contributed by atoms with Crippen LogP contribution < -0.4 is 0 Å². The van der Waals surface area contributed by atoms with E-state index >= 15 is 0 Å². The second-order valence-electron chi connectivity index (χ2n) is 21.3. The second-order valence-corrected chi connectivity index (χ2v) is 21.3. The monoisotopic (exact) mass is 1100 g/mol. The Morgan fingerprint density at radius 2 is 0.512 bits per heavy atom. The summed E-state index contributed by atoms with van der Waals surface area (Å²) < 4.78 is 16.8. The first kappa shape index (κ1) is 75.3. The number of rotatable bonds is 58. The molecule has 6 heteroatoms. The van der Waals surface area contributed by atoms with Crippen molar-refractivity contribution in [3.05, 3.63) is 146 Å². The van der Waals surface area contributed by atoms with E-state index in [4.69, 9.17) is 14.2 Å². The maximum Gasteiger partial charge on any atom is 0.306 e. The smallest absolute Gasteiger partial charge is 0.306 e. The molecule has 6 nitrogen and oxygen atoms in total. The number of carbonyl (C=O) groups excluding carboxylic acids is 3. The fraction of sp³-hybridized carbons (Fsp3) is 0.635. The van der Waals surface area contributed by atoms with Gasteiger partial charge in [0.2, 0.25) is 0 Å². The number of carbonyl (C=O) groups is 3. The van der Waals surface area contributed by atoms with Crippen LogP contribution in [0.3, 0.4) is 0 Å². The van der Waals surface area contributed by atoms with Gasteiger partial charge in [0.1, 0.15) is 13.2 Å². The Bertz CT molecular complexity index is 1750. The third-order valence-corrected chi connectivity index (χ3v) is 13.5. The van der Waals surface area contributed by atoms with E-state index in [-0.39, 0.29) is 31.1 Å². The van der Waals surface area contributed by atoms with Gasteiger partial charge in [-0.05, 0) is 141 Å². The molecule has 80 heavy (non-hydrogen) atoms. The van der Waals surface area contributed by atoms with Crippen molar-refractivity contribution in [2.75, 3.05) is 13.2 Å². The van der Waals surface area contributed by atoms with Gasteiger partial charge < -0.3 is 14.2 Å². The Hall–Kier alpha value is -4.71. The molecule has 0 spiro atoms. The highest BCUT2D eigenvalue weighted by molar-refractivity contribution is 5.71. The molecule has 0 aromatic carbocycles. The fourth-order valence-corrected chi connectivity index (χ4v) is 8.64. The molecule has 0 N–H and O–H groups in total. The Labute approximate surface area is 493 Å². The molecular formula is C74H120O6. The Kier molecular flexibility index (Phi) is 62.9. The molecule has 452 valence electrons. The zero-order valence-corrected chi connectivity index (χ0v) is 51.8. The normalized spacial score (nSPS) is 13.1. The molecule has 0 aromatic rings. The summed E-state index contributed by atoms with van der Waals surface area (Å²) in [5.41, 5.74) is 0. The van der Waals surface area contributed by atoms with Gasteiger partial charge >= 0.3 is 17.9 Å². The summed E-state index contributed by atoms with van der Waals surface area (Å²) in [4.78, 5) is 38.2. The van der Waals surface area contributed by atoms with Crippen molar-refractivity contribution in [1.82, 2.24) is 0 Å². The first-order chi connectivity index (χ1) is 39.5. The van der Waals surface area contributed by atoms with Crippen LogP contribution in [-0.2, 0) is 28.6 Å².